The molecule has 1 N–H and O–H groups in total. The molecule has 110 valence electrons. The van der Waals surface area contributed by atoms with E-state index in [1.54, 1.807) is 18.2 Å². The van der Waals surface area contributed by atoms with Gasteiger partial charge in [-0.2, -0.15) is 0 Å². The van der Waals surface area contributed by atoms with Crippen LogP contribution >= 0.6 is 11.8 Å². The molecule has 21 heavy (non-hydrogen) atoms. The van der Waals surface area contributed by atoms with Crippen molar-refractivity contribution >= 4 is 34.9 Å². The van der Waals surface area contributed by atoms with Crippen LogP contribution in [0.1, 0.15) is 5.56 Å². The summed E-state index contributed by atoms with van der Waals surface area (Å²) in [6.45, 7) is 0.366. The second-order valence-electron chi connectivity index (χ2n) is 4.28. The number of nitrogens with one attached hydrogen (secondary N) is 1. The molecule has 0 aliphatic carbocycles. The van der Waals surface area contributed by atoms with E-state index in [1.807, 2.05) is 0 Å². The van der Waals surface area contributed by atoms with E-state index >= 15 is 0 Å². The molecule has 1 heterocycles. The highest BCUT2D eigenvalue weighted by Gasteiger charge is 2.29. The lowest BCUT2D eigenvalue weighted by Gasteiger charge is -2.12. The van der Waals surface area contributed by atoms with Crippen LogP contribution in [0.25, 0.3) is 6.08 Å². The average molecular weight is 308 g/mol. The standard InChI is InChI=1S/C14H13FN2O3S/c15-11-4-1-10(2-5-11)3-6-12(18)16-7-8-17-13(19)9-21-14(17)20/h1-6H,7-9H2,(H,16,18)/b6-3+. The molecule has 1 aliphatic heterocycles. The van der Waals surface area contributed by atoms with Crippen LogP contribution < -0.4 is 5.32 Å². The maximum atomic E-state index is 12.7. The van der Waals surface area contributed by atoms with Gasteiger partial charge in [-0.1, -0.05) is 23.9 Å². The zero-order valence-electron chi connectivity index (χ0n) is 11.0. The largest absolute Gasteiger partial charge is 0.351 e. The SMILES string of the molecule is O=C(/C=C/c1ccc(F)cc1)NCCN1C(=O)CSC1=O. The molecular weight excluding hydrogens is 295 g/mol. The average Bonchev–Trinajstić information content (AvgIpc) is 2.78. The van der Waals surface area contributed by atoms with Crippen molar-refractivity contribution in [3.05, 3.63) is 41.7 Å². The molecule has 0 spiro atoms. The Morgan fingerprint density at radius 2 is 2.05 bits per heavy atom. The monoisotopic (exact) mass is 308 g/mol. The van der Waals surface area contributed by atoms with Crippen LogP contribution in [0.4, 0.5) is 9.18 Å². The molecule has 1 aromatic carbocycles. The summed E-state index contributed by atoms with van der Waals surface area (Å²) in [6.07, 6.45) is 2.87. The molecule has 5 nitrogen and oxygen atoms in total. The molecule has 0 aromatic heterocycles. The van der Waals surface area contributed by atoms with Crippen molar-refractivity contribution in [2.45, 2.75) is 0 Å². The Kier molecular flexibility index (Phi) is 5.10. The normalized spacial score (nSPS) is 15.0. The first-order chi connectivity index (χ1) is 10.1. The molecule has 1 saturated heterocycles. The number of nitrogens with zero attached hydrogens (tertiary/aromatic N) is 1. The van der Waals surface area contributed by atoms with Crippen LogP contribution in [-0.4, -0.2) is 40.8 Å². The molecule has 1 fully saturated rings. The summed E-state index contributed by atoms with van der Waals surface area (Å²) in [5.41, 5.74) is 0.702. The number of thioether (sulfide) groups is 1. The van der Waals surface area contributed by atoms with Crippen molar-refractivity contribution in [3.8, 4) is 0 Å². The fourth-order valence-electron chi connectivity index (χ4n) is 1.69. The van der Waals surface area contributed by atoms with Gasteiger partial charge in [0.1, 0.15) is 5.82 Å². The Labute approximate surface area is 125 Å². The number of rotatable bonds is 5. The second kappa shape index (κ2) is 7.03. The van der Waals surface area contributed by atoms with Gasteiger partial charge in [-0.15, -0.1) is 0 Å². The lowest BCUT2D eigenvalue weighted by Crippen LogP contribution is -2.37. The fourth-order valence-corrected chi connectivity index (χ4v) is 2.44. The van der Waals surface area contributed by atoms with Crippen LogP contribution in [0.2, 0.25) is 0 Å². The first-order valence-corrected chi connectivity index (χ1v) is 7.23. The van der Waals surface area contributed by atoms with Gasteiger partial charge in [0.2, 0.25) is 11.8 Å². The van der Waals surface area contributed by atoms with E-state index in [-0.39, 0.29) is 41.7 Å². The number of carbonyl (C=O) groups is 3. The van der Waals surface area contributed by atoms with Crippen LogP contribution in [0.5, 0.6) is 0 Å². The molecule has 0 bridgehead atoms. The number of amides is 3. The van der Waals surface area contributed by atoms with Crippen LogP contribution in [-0.2, 0) is 9.59 Å². The van der Waals surface area contributed by atoms with E-state index in [4.69, 9.17) is 0 Å². The molecule has 1 aliphatic rings. The van der Waals surface area contributed by atoms with E-state index in [0.717, 1.165) is 16.7 Å². The highest BCUT2D eigenvalue weighted by atomic mass is 32.2. The molecule has 2 rings (SSSR count). The summed E-state index contributed by atoms with van der Waals surface area (Å²) in [5.74, 6) is -0.751. The summed E-state index contributed by atoms with van der Waals surface area (Å²) in [4.78, 5) is 35.3. The van der Waals surface area contributed by atoms with Gasteiger partial charge in [0.25, 0.3) is 5.24 Å². The Morgan fingerprint density at radius 3 is 2.67 bits per heavy atom. The van der Waals surface area contributed by atoms with Gasteiger partial charge < -0.3 is 5.32 Å². The van der Waals surface area contributed by atoms with Crippen LogP contribution in [0.3, 0.4) is 0 Å². The topological polar surface area (TPSA) is 66.5 Å². The highest BCUT2D eigenvalue weighted by molar-refractivity contribution is 8.14. The Hall–Kier alpha value is -2.15. The second-order valence-corrected chi connectivity index (χ2v) is 5.20. The number of halogens is 1. The highest BCUT2D eigenvalue weighted by Crippen LogP contribution is 2.17. The van der Waals surface area contributed by atoms with Gasteiger partial charge in [0.15, 0.2) is 0 Å². The van der Waals surface area contributed by atoms with Gasteiger partial charge in [0, 0.05) is 19.2 Å². The Bertz CT molecular complexity index is 570. The first kappa shape index (κ1) is 15.2. The number of benzene rings is 1. The van der Waals surface area contributed by atoms with Crippen molar-refractivity contribution in [1.29, 1.82) is 0 Å². The quantitative estimate of drug-likeness (QED) is 0.840. The van der Waals surface area contributed by atoms with Gasteiger partial charge in [0.05, 0.1) is 5.75 Å². The van der Waals surface area contributed by atoms with E-state index in [0.29, 0.717) is 5.56 Å². The van der Waals surface area contributed by atoms with Crippen molar-refractivity contribution in [1.82, 2.24) is 10.2 Å². The van der Waals surface area contributed by atoms with Crippen molar-refractivity contribution in [3.63, 3.8) is 0 Å². The molecule has 7 heteroatoms. The predicted octanol–water partition coefficient (Wildman–Crippen LogP) is 1.65. The maximum absolute atomic E-state index is 12.7. The van der Waals surface area contributed by atoms with Crippen LogP contribution in [0.15, 0.2) is 30.3 Å². The summed E-state index contributed by atoms with van der Waals surface area (Å²) >= 11 is 0.961. The molecule has 0 atom stereocenters. The van der Waals surface area contributed by atoms with Crippen LogP contribution in [0, 0.1) is 5.82 Å². The van der Waals surface area contributed by atoms with E-state index in [1.165, 1.54) is 18.2 Å². The molecular formula is C14H13FN2O3S. The van der Waals surface area contributed by atoms with Gasteiger partial charge in [-0.25, -0.2) is 4.39 Å². The van der Waals surface area contributed by atoms with Crippen molar-refractivity contribution in [2.24, 2.45) is 0 Å². The molecule has 0 saturated carbocycles. The maximum Gasteiger partial charge on any atom is 0.288 e. The first-order valence-electron chi connectivity index (χ1n) is 6.25. The van der Waals surface area contributed by atoms with Crippen molar-refractivity contribution < 1.29 is 18.8 Å². The summed E-state index contributed by atoms with van der Waals surface area (Å²) in [7, 11) is 0. The molecule has 0 radical (unpaired) electrons. The minimum absolute atomic E-state index is 0.164. The van der Waals surface area contributed by atoms with E-state index in [2.05, 4.69) is 5.32 Å². The molecule has 3 amide bonds. The zero-order chi connectivity index (χ0) is 15.2. The third kappa shape index (κ3) is 4.42. The van der Waals surface area contributed by atoms with Gasteiger partial charge >= 0.3 is 0 Å². The fraction of sp³-hybridized carbons (Fsp3) is 0.214. The minimum atomic E-state index is -0.342. The Morgan fingerprint density at radius 1 is 1.33 bits per heavy atom. The predicted molar refractivity (Wildman–Crippen MR) is 78.0 cm³/mol. The number of hydrogen-bond acceptors (Lipinski definition) is 4. The number of carbonyl (C=O) groups excluding carboxylic acids is 3. The van der Waals surface area contributed by atoms with Gasteiger partial charge in [-0.3, -0.25) is 19.3 Å². The third-order valence-electron chi connectivity index (χ3n) is 2.77. The summed E-state index contributed by atoms with van der Waals surface area (Å²) in [6, 6.07) is 5.72. The molecule has 0 unspecified atom stereocenters. The van der Waals surface area contributed by atoms with Gasteiger partial charge in [-0.05, 0) is 23.8 Å². The summed E-state index contributed by atoms with van der Waals surface area (Å²) < 4.78 is 12.7. The molecule has 1 aromatic rings. The minimum Gasteiger partial charge on any atom is -0.351 e. The van der Waals surface area contributed by atoms with Crippen molar-refractivity contribution in [2.75, 3.05) is 18.8 Å². The van der Waals surface area contributed by atoms with E-state index < -0.39 is 0 Å². The lowest BCUT2D eigenvalue weighted by molar-refractivity contribution is -0.125. The third-order valence-corrected chi connectivity index (χ3v) is 3.63. The number of hydrogen-bond donors (Lipinski definition) is 1. The Balaban J connectivity index is 1.76. The zero-order valence-corrected chi connectivity index (χ0v) is 11.9. The lowest BCUT2D eigenvalue weighted by atomic mass is 10.2. The van der Waals surface area contributed by atoms with E-state index in [9.17, 15) is 18.8 Å². The summed E-state index contributed by atoms with van der Waals surface area (Å²) in [5, 5.41) is 2.30. The number of imide groups is 1. The smallest absolute Gasteiger partial charge is 0.288 e.